The summed E-state index contributed by atoms with van der Waals surface area (Å²) in [6, 6.07) is 6.87. The lowest BCUT2D eigenvalue weighted by molar-refractivity contribution is 0.395. The average molecular weight is 295 g/mol. The predicted molar refractivity (Wildman–Crippen MR) is 75.0 cm³/mol. The molecule has 1 heterocycles. The normalized spacial score (nSPS) is 12.4. The van der Waals surface area contributed by atoms with Gasteiger partial charge in [0, 0.05) is 6.92 Å². The summed E-state index contributed by atoms with van der Waals surface area (Å²) in [5.74, 6) is 0.234. The number of hydrogen-bond acceptors (Lipinski definition) is 5. The summed E-state index contributed by atoms with van der Waals surface area (Å²) in [7, 11) is -3.75. The predicted octanol–water partition coefficient (Wildman–Crippen LogP) is 2.48. The van der Waals surface area contributed by atoms with E-state index in [2.05, 4.69) is 14.9 Å². The summed E-state index contributed by atoms with van der Waals surface area (Å²) in [6.45, 7) is 7.47. The third-order valence-electron chi connectivity index (χ3n) is 2.74. The van der Waals surface area contributed by atoms with Crippen LogP contribution < -0.4 is 4.72 Å². The zero-order valence-electron chi connectivity index (χ0n) is 11.8. The largest absolute Gasteiger partial charge is 0.338 e. The van der Waals surface area contributed by atoms with Crippen molar-refractivity contribution in [3.8, 4) is 0 Å². The summed E-state index contributed by atoms with van der Waals surface area (Å²) < 4.78 is 32.0. The molecule has 1 aromatic carbocycles. The van der Waals surface area contributed by atoms with E-state index >= 15 is 0 Å². The molecule has 0 radical (unpaired) electrons. The fraction of sp³-hybridized carbons (Fsp3) is 0.385. The van der Waals surface area contributed by atoms with Gasteiger partial charge in [0.05, 0.1) is 4.90 Å². The fourth-order valence-electron chi connectivity index (χ4n) is 1.84. The van der Waals surface area contributed by atoms with Crippen molar-refractivity contribution in [3.63, 3.8) is 0 Å². The Balaban J connectivity index is 2.45. The maximum atomic E-state index is 12.4. The van der Waals surface area contributed by atoms with Crippen molar-refractivity contribution in [3.05, 3.63) is 35.7 Å². The van der Waals surface area contributed by atoms with Crippen molar-refractivity contribution in [1.82, 2.24) is 10.1 Å². The molecule has 0 aliphatic carbocycles. The number of nitrogens with one attached hydrogen (secondary N) is 1. The molecule has 1 aromatic heterocycles. The maximum absolute atomic E-state index is 12.4. The first-order chi connectivity index (χ1) is 9.20. The first kappa shape index (κ1) is 14.5. The van der Waals surface area contributed by atoms with E-state index in [-0.39, 0.29) is 16.3 Å². The number of sulfonamides is 1. The quantitative estimate of drug-likeness (QED) is 0.940. The van der Waals surface area contributed by atoms with Crippen LogP contribution in [0.5, 0.6) is 0 Å². The van der Waals surface area contributed by atoms with Crippen LogP contribution in [-0.4, -0.2) is 18.6 Å². The van der Waals surface area contributed by atoms with Crippen molar-refractivity contribution in [2.24, 2.45) is 0 Å². The van der Waals surface area contributed by atoms with Gasteiger partial charge in [0.25, 0.3) is 16.0 Å². The minimum Gasteiger partial charge on any atom is -0.338 e. The Morgan fingerprint density at radius 3 is 2.40 bits per heavy atom. The van der Waals surface area contributed by atoms with Crippen LogP contribution in [-0.2, 0) is 15.4 Å². The van der Waals surface area contributed by atoms with Crippen LogP contribution in [0.3, 0.4) is 0 Å². The van der Waals surface area contributed by atoms with Crippen molar-refractivity contribution >= 4 is 16.0 Å². The van der Waals surface area contributed by atoms with E-state index in [4.69, 9.17) is 4.52 Å². The lowest BCUT2D eigenvalue weighted by Crippen LogP contribution is -2.21. The van der Waals surface area contributed by atoms with Crippen molar-refractivity contribution in [2.75, 3.05) is 4.72 Å². The van der Waals surface area contributed by atoms with Crippen molar-refractivity contribution in [1.29, 1.82) is 0 Å². The van der Waals surface area contributed by atoms with Gasteiger partial charge in [-0.2, -0.15) is 4.98 Å². The van der Waals surface area contributed by atoms with E-state index in [0.717, 1.165) is 5.56 Å². The molecule has 6 nitrogen and oxygen atoms in total. The highest BCUT2D eigenvalue weighted by molar-refractivity contribution is 7.92. The Labute approximate surface area is 118 Å². The molecular formula is C13H17N3O3S. The highest BCUT2D eigenvalue weighted by atomic mass is 32.2. The van der Waals surface area contributed by atoms with Gasteiger partial charge in [0.2, 0.25) is 5.89 Å². The molecule has 2 rings (SSSR count). The number of nitrogens with zero attached hydrogens (tertiary/aromatic N) is 2. The smallest absolute Gasteiger partial charge is 0.277 e. The van der Waals surface area contributed by atoms with E-state index in [0.29, 0.717) is 5.89 Å². The number of aromatic nitrogens is 2. The minimum absolute atomic E-state index is 0.0637. The van der Waals surface area contributed by atoms with Crippen LogP contribution in [0.25, 0.3) is 0 Å². The summed E-state index contributed by atoms with van der Waals surface area (Å²) >= 11 is 0. The first-order valence-corrected chi connectivity index (χ1v) is 7.61. The SMILES string of the molecule is Cc1nc(NS(=O)(=O)c2ccccc2C(C)(C)C)no1. The Hall–Kier alpha value is -1.89. The Bertz CT molecular complexity index is 714. The molecule has 0 fully saturated rings. The molecule has 1 N–H and O–H groups in total. The Morgan fingerprint density at radius 1 is 1.20 bits per heavy atom. The van der Waals surface area contributed by atoms with Crippen LogP contribution >= 0.6 is 0 Å². The van der Waals surface area contributed by atoms with Gasteiger partial charge in [-0.15, -0.1) is 0 Å². The van der Waals surface area contributed by atoms with Crippen molar-refractivity contribution in [2.45, 2.75) is 38.0 Å². The number of rotatable bonds is 3. The number of hydrogen-bond donors (Lipinski definition) is 1. The van der Waals surface area contributed by atoms with Crippen LogP contribution in [0, 0.1) is 6.92 Å². The average Bonchev–Trinajstić information content (AvgIpc) is 2.73. The third kappa shape index (κ3) is 2.98. The van der Waals surface area contributed by atoms with Gasteiger partial charge >= 0.3 is 0 Å². The minimum atomic E-state index is -3.75. The topological polar surface area (TPSA) is 85.1 Å². The zero-order valence-corrected chi connectivity index (χ0v) is 12.7. The van der Waals surface area contributed by atoms with Crippen LogP contribution in [0.4, 0.5) is 5.95 Å². The van der Waals surface area contributed by atoms with Gasteiger partial charge in [-0.1, -0.05) is 39.0 Å². The molecule has 0 spiro atoms. The van der Waals surface area contributed by atoms with Crippen molar-refractivity contribution < 1.29 is 12.9 Å². The standard InChI is InChI=1S/C13H17N3O3S/c1-9-14-12(15-19-9)16-20(17,18)11-8-6-5-7-10(11)13(2,3)4/h5-8H,1-4H3,(H,15,16). The summed E-state index contributed by atoms with van der Waals surface area (Å²) in [4.78, 5) is 4.06. The second-order valence-electron chi connectivity index (χ2n) is 5.49. The maximum Gasteiger partial charge on any atom is 0.277 e. The van der Waals surface area contributed by atoms with Gasteiger partial charge < -0.3 is 4.52 Å². The molecule has 20 heavy (non-hydrogen) atoms. The van der Waals surface area contributed by atoms with Gasteiger partial charge in [0.15, 0.2) is 0 Å². The number of benzene rings is 1. The van der Waals surface area contributed by atoms with Gasteiger partial charge in [-0.3, -0.25) is 0 Å². The molecule has 0 saturated heterocycles. The molecule has 2 aromatic rings. The summed E-state index contributed by atoms with van der Waals surface area (Å²) in [5.41, 5.74) is 0.436. The molecule has 7 heteroatoms. The van der Waals surface area contributed by atoms with Crippen LogP contribution in [0.1, 0.15) is 32.2 Å². The summed E-state index contributed by atoms with van der Waals surface area (Å²) in [5, 5.41) is 3.54. The molecule has 0 saturated carbocycles. The molecular weight excluding hydrogens is 278 g/mol. The molecule has 0 unspecified atom stereocenters. The Morgan fingerprint density at radius 2 is 1.85 bits per heavy atom. The van der Waals surface area contributed by atoms with E-state index in [9.17, 15) is 8.42 Å². The van der Waals surface area contributed by atoms with Gasteiger partial charge in [-0.25, -0.2) is 13.1 Å². The van der Waals surface area contributed by atoms with Crippen LogP contribution in [0.15, 0.2) is 33.7 Å². The van der Waals surface area contributed by atoms with E-state index in [1.165, 1.54) is 0 Å². The molecule has 0 amide bonds. The molecule has 0 aliphatic rings. The highest BCUT2D eigenvalue weighted by Crippen LogP contribution is 2.29. The second-order valence-corrected chi connectivity index (χ2v) is 7.14. The third-order valence-corrected chi connectivity index (χ3v) is 4.12. The number of aryl methyl sites for hydroxylation is 1. The van der Waals surface area contributed by atoms with Crippen LogP contribution in [0.2, 0.25) is 0 Å². The van der Waals surface area contributed by atoms with E-state index in [1.54, 1.807) is 25.1 Å². The molecule has 0 atom stereocenters. The highest BCUT2D eigenvalue weighted by Gasteiger charge is 2.26. The summed E-state index contributed by atoms with van der Waals surface area (Å²) in [6.07, 6.45) is 0. The first-order valence-electron chi connectivity index (χ1n) is 6.13. The second kappa shape index (κ2) is 4.90. The van der Waals surface area contributed by atoms with E-state index < -0.39 is 10.0 Å². The van der Waals surface area contributed by atoms with Gasteiger partial charge in [-0.05, 0) is 22.2 Å². The zero-order chi connectivity index (χ0) is 15.0. The fourth-order valence-corrected chi connectivity index (χ4v) is 3.19. The lowest BCUT2D eigenvalue weighted by Gasteiger charge is -2.22. The molecule has 0 aliphatic heterocycles. The van der Waals surface area contributed by atoms with E-state index in [1.807, 2.05) is 26.8 Å². The molecule has 108 valence electrons. The number of anilines is 1. The Kier molecular flexibility index (Phi) is 3.56. The lowest BCUT2D eigenvalue weighted by atomic mass is 9.87. The van der Waals surface area contributed by atoms with Gasteiger partial charge in [0.1, 0.15) is 0 Å². The monoisotopic (exact) mass is 295 g/mol. The molecule has 0 bridgehead atoms.